The first kappa shape index (κ1) is 20.4. The molecular formula is C23H25N3O3S. The Bertz CT molecular complexity index is 1000. The maximum atomic E-state index is 13.1. The van der Waals surface area contributed by atoms with Crippen LogP contribution in [0.15, 0.2) is 48.5 Å². The van der Waals surface area contributed by atoms with E-state index in [1.165, 1.54) is 11.3 Å². The molecular weight excluding hydrogens is 398 g/mol. The van der Waals surface area contributed by atoms with Crippen LogP contribution >= 0.6 is 11.3 Å². The average Bonchev–Trinajstić information content (AvgIpc) is 3.40. The van der Waals surface area contributed by atoms with Crippen LogP contribution in [-0.2, 0) is 4.79 Å². The summed E-state index contributed by atoms with van der Waals surface area (Å²) in [5.74, 6) is 1.34. The molecule has 0 saturated heterocycles. The third-order valence-corrected chi connectivity index (χ3v) is 6.16. The number of rotatable bonds is 8. The number of hydrogen-bond acceptors (Lipinski definition) is 6. The Hall–Kier alpha value is -2.90. The van der Waals surface area contributed by atoms with E-state index in [-0.39, 0.29) is 12.7 Å². The lowest BCUT2D eigenvalue weighted by Gasteiger charge is -2.23. The Morgan fingerprint density at radius 2 is 1.83 bits per heavy atom. The van der Waals surface area contributed by atoms with Crippen molar-refractivity contribution in [1.29, 1.82) is 0 Å². The molecule has 2 heterocycles. The van der Waals surface area contributed by atoms with E-state index in [0.717, 1.165) is 41.2 Å². The van der Waals surface area contributed by atoms with E-state index in [1.807, 2.05) is 48.5 Å². The fourth-order valence-corrected chi connectivity index (χ4v) is 4.33. The molecule has 0 atom stereocenters. The highest BCUT2D eigenvalue weighted by molar-refractivity contribution is 7.22. The smallest absolute Gasteiger partial charge is 0.252 e. The van der Waals surface area contributed by atoms with Gasteiger partial charge < -0.3 is 14.4 Å². The van der Waals surface area contributed by atoms with E-state index in [4.69, 9.17) is 14.5 Å². The van der Waals surface area contributed by atoms with Crippen LogP contribution in [0.25, 0.3) is 16.3 Å². The Kier molecular flexibility index (Phi) is 6.30. The topological polar surface area (TPSA) is 54.9 Å². The Morgan fingerprint density at radius 3 is 2.57 bits per heavy atom. The summed E-state index contributed by atoms with van der Waals surface area (Å²) in [4.78, 5) is 21.9. The van der Waals surface area contributed by atoms with Gasteiger partial charge in [-0.3, -0.25) is 9.69 Å². The van der Waals surface area contributed by atoms with Gasteiger partial charge in [-0.2, -0.15) is 0 Å². The molecule has 0 aliphatic carbocycles. The number of likely N-dealkylation sites (N-methyl/N-ethyl adjacent to an activating group) is 1. The fraction of sp³-hybridized carbons (Fsp3) is 0.304. The standard InChI is InChI=1S/C23H25N3O3S/c1-3-25(4-2)12-13-26(22(27)11-10-17-8-6-5-7-9-17)23-24-18-14-19-20(29-16-28-19)15-21(18)30-23/h5-11,14-15H,3-4,12-13,16H2,1-2H3. The Balaban J connectivity index is 1.61. The summed E-state index contributed by atoms with van der Waals surface area (Å²) in [6, 6.07) is 13.6. The molecule has 0 unspecified atom stereocenters. The largest absolute Gasteiger partial charge is 0.454 e. The van der Waals surface area contributed by atoms with Crippen LogP contribution < -0.4 is 14.4 Å². The second kappa shape index (κ2) is 9.28. The predicted octanol–water partition coefficient (Wildman–Crippen LogP) is 4.41. The first-order chi connectivity index (χ1) is 14.7. The van der Waals surface area contributed by atoms with Gasteiger partial charge in [-0.15, -0.1) is 0 Å². The highest BCUT2D eigenvalue weighted by Gasteiger charge is 2.21. The first-order valence-electron chi connectivity index (χ1n) is 10.1. The third-order valence-electron chi connectivity index (χ3n) is 5.12. The number of amides is 1. The van der Waals surface area contributed by atoms with Crippen molar-refractivity contribution in [3.8, 4) is 11.5 Å². The molecule has 0 spiro atoms. The van der Waals surface area contributed by atoms with Crippen LogP contribution in [0.4, 0.5) is 5.13 Å². The van der Waals surface area contributed by atoms with Crippen LogP contribution in [0.1, 0.15) is 19.4 Å². The molecule has 4 rings (SSSR count). The van der Waals surface area contributed by atoms with Gasteiger partial charge in [-0.05, 0) is 24.7 Å². The number of ether oxygens (including phenoxy) is 2. The van der Waals surface area contributed by atoms with Crippen molar-refractivity contribution >= 4 is 38.7 Å². The molecule has 6 nitrogen and oxygen atoms in total. The predicted molar refractivity (Wildman–Crippen MR) is 121 cm³/mol. The second-order valence-electron chi connectivity index (χ2n) is 6.93. The molecule has 1 aliphatic rings. The zero-order valence-electron chi connectivity index (χ0n) is 17.2. The molecule has 0 N–H and O–H groups in total. The highest BCUT2D eigenvalue weighted by atomic mass is 32.1. The van der Waals surface area contributed by atoms with Crippen molar-refractivity contribution in [2.75, 3.05) is 37.9 Å². The molecule has 3 aromatic rings. The van der Waals surface area contributed by atoms with Crippen molar-refractivity contribution in [2.24, 2.45) is 0 Å². The molecule has 30 heavy (non-hydrogen) atoms. The highest BCUT2D eigenvalue weighted by Crippen LogP contribution is 2.39. The van der Waals surface area contributed by atoms with Crippen LogP contribution in [0.3, 0.4) is 0 Å². The molecule has 1 aliphatic heterocycles. The van der Waals surface area contributed by atoms with Crippen LogP contribution in [0.5, 0.6) is 11.5 Å². The van der Waals surface area contributed by atoms with E-state index >= 15 is 0 Å². The normalized spacial score (nSPS) is 12.9. The molecule has 0 fully saturated rings. The number of anilines is 1. The quantitative estimate of drug-likeness (QED) is 0.502. The molecule has 156 valence electrons. The first-order valence-corrected chi connectivity index (χ1v) is 11.0. The zero-order valence-corrected chi connectivity index (χ0v) is 18.0. The van der Waals surface area contributed by atoms with E-state index < -0.39 is 0 Å². The lowest BCUT2D eigenvalue weighted by Crippen LogP contribution is -2.38. The lowest BCUT2D eigenvalue weighted by atomic mass is 10.2. The Labute approximate surface area is 180 Å². The lowest BCUT2D eigenvalue weighted by molar-refractivity contribution is -0.114. The van der Waals surface area contributed by atoms with E-state index in [0.29, 0.717) is 17.4 Å². The second-order valence-corrected chi connectivity index (χ2v) is 7.94. The monoisotopic (exact) mass is 423 g/mol. The number of nitrogens with zero attached hydrogens (tertiary/aromatic N) is 3. The number of thiazole rings is 1. The van der Waals surface area contributed by atoms with Crippen molar-refractivity contribution in [2.45, 2.75) is 13.8 Å². The molecule has 0 bridgehead atoms. The molecule has 1 amide bonds. The number of hydrogen-bond donors (Lipinski definition) is 0. The number of aromatic nitrogens is 1. The minimum absolute atomic E-state index is 0.0786. The summed E-state index contributed by atoms with van der Waals surface area (Å²) in [6.45, 7) is 7.74. The summed E-state index contributed by atoms with van der Waals surface area (Å²) < 4.78 is 11.9. The van der Waals surface area contributed by atoms with Crippen molar-refractivity contribution < 1.29 is 14.3 Å². The van der Waals surface area contributed by atoms with Crippen LogP contribution in [-0.4, -0.2) is 48.8 Å². The minimum atomic E-state index is -0.0786. The van der Waals surface area contributed by atoms with E-state index in [2.05, 4.69) is 18.7 Å². The van der Waals surface area contributed by atoms with Gasteiger partial charge in [0.25, 0.3) is 5.91 Å². The molecule has 0 saturated carbocycles. The van der Waals surface area contributed by atoms with Gasteiger partial charge in [0.15, 0.2) is 16.6 Å². The van der Waals surface area contributed by atoms with Gasteiger partial charge in [0, 0.05) is 31.3 Å². The summed E-state index contributed by atoms with van der Waals surface area (Å²) in [5, 5.41) is 0.684. The maximum absolute atomic E-state index is 13.1. The van der Waals surface area contributed by atoms with Crippen molar-refractivity contribution in [3.63, 3.8) is 0 Å². The van der Waals surface area contributed by atoms with Gasteiger partial charge in [0.1, 0.15) is 0 Å². The van der Waals surface area contributed by atoms with E-state index in [1.54, 1.807) is 11.0 Å². The molecule has 0 radical (unpaired) electrons. The molecule has 7 heteroatoms. The van der Waals surface area contributed by atoms with Gasteiger partial charge in [0.05, 0.1) is 10.2 Å². The van der Waals surface area contributed by atoms with E-state index in [9.17, 15) is 4.79 Å². The fourth-order valence-electron chi connectivity index (χ4n) is 3.32. The zero-order chi connectivity index (χ0) is 20.9. The third kappa shape index (κ3) is 4.47. The number of carbonyl (C=O) groups excluding carboxylic acids is 1. The SMILES string of the molecule is CCN(CC)CCN(C(=O)C=Cc1ccccc1)c1nc2cc3c(cc2s1)OCO3. The van der Waals surface area contributed by atoms with Crippen LogP contribution in [0, 0.1) is 0 Å². The molecule has 1 aromatic heterocycles. The minimum Gasteiger partial charge on any atom is -0.454 e. The van der Waals surface area contributed by atoms with Crippen molar-refractivity contribution in [1.82, 2.24) is 9.88 Å². The van der Waals surface area contributed by atoms with Gasteiger partial charge >= 0.3 is 0 Å². The average molecular weight is 424 g/mol. The van der Waals surface area contributed by atoms with Crippen molar-refractivity contribution in [3.05, 3.63) is 54.1 Å². The number of fused-ring (bicyclic) bond motifs is 2. The summed E-state index contributed by atoms with van der Waals surface area (Å²) in [5.41, 5.74) is 1.80. The van der Waals surface area contributed by atoms with Gasteiger partial charge in [-0.25, -0.2) is 4.98 Å². The van der Waals surface area contributed by atoms with Gasteiger partial charge in [-0.1, -0.05) is 55.5 Å². The molecule has 2 aromatic carbocycles. The number of carbonyl (C=O) groups is 1. The Morgan fingerprint density at radius 1 is 1.10 bits per heavy atom. The van der Waals surface area contributed by atoms with Gasteiger partial charge in [0.2, 0.25) is 6.79 Å². The maximum Gasteiger partial charge on any atom is 0.252 e. The van der Waals surface area contributed by atoms with Crippen LogP contribution in [0.2, 0.25) is 0 Å². The number of benzene rings is 2. The summed E-state index contributed by atoms with van der Waals surface area (Å²) in [6.07, 6.45) is 3.46. The summed E-state index contributed by atoms with van der Waals surface area (Å²) in [7, 11) is 0. The summed E-state index contributed by atoms with van der Waals surface area (Å²) >= 11 is 1.49.